The summed E-state index contributed by atoms with van der Waals surface area (Å²) in [6, 6.07) is 1.88. The molecule has 0 aliphatic carbocycles. The Hall–Kier alpha value is -1.67. The number of anilines is 2. The predicted molar refractivity (Wildman–Crippen MR) is 64.5 cm³/mol. The fourth-order valence-electron chi connectivity index (χ4n) is 1.30. The topological polar surface area (TPSA) is 50.7 Å². The third kappa shape index (κ3) is 3.45. The lowest BCUT2D eigenvalue weighted by molar-refractivity contribution is -0.137. The van der Waals surface area contributed by atoms with Crippen LogP contribution in [0.3, 0.4) is 0 Å². The number of nitrogens with one attached hydrogen (secondary N) is 1. The van der Waals surface area contributed by atoms with Gasteiger partial charge in [0, 0.05) is 0 Å². The third-order valence-electron chi connectivity index (χ3n) is 2.12. The molecule has 0 aliphatic heterocycles. The van der Waals surface area contributed by atoms with Gasteiger partial charge in [-0.3, -0.25) is 0 Å². The molecule has 10 heteroatoms. The van der Waals surface area contributed by atoms with Crippen LogP contribution in [0.2, 0.25) is 10.6 Å². The maximum absolute atomic E-state index is 13.5. The molecule has 20 heavy (non-hydrogen) atoms. The van der Waals surface area contributed by atoms with E-state index in [1.165, 1.54) is 0 Å². The van der Waals surface area contributed by atoms with Gasteiger partial charge in [0.2, 0.25) is 16.5 Å². The van der Waals surface area contributed by atoms with E-state index in [2.05, 4.69) is 20.3 Å². The smallest absolute Gasteiger partial charge is 0.321 e. The number of alkyl halides is 3. The number of hydrogen-bond acceptors (Lipinski definition) is 4. The molecule has 2 aromatic rings. The Morgan fingerprint density at radius 2 is 1.60 bits per heavy atom. The maximum Gasteiger partial charge on any atom is 0.416 e. The normalized spacial score (nSPS) is 11.5. The average Bonchev–Trinajstić information content (AvgIpc) is 2.29. The van der Waals surface area contributed by atoms with Crippen LogP contribution in [0.5, 0.6) is 0 Å². The van der Waals surface area contributed by atoms with E-state index in [4.69, 9.17) is 23.2 Å². The molecule has 1 heterocycles. The van der Waals surface area contributed by atoms with E-state index in [0.717, 1.165) is 0 Å². The molecule has 1 aromatic carbocycles. The van der Waals surface area contributed by atoms with Crippen LogP contribution in [-0.4, -0.2) is 15.0 Å². The minimum atomic E-state index is -4.60. The highest BCUT2D eigenvalue weighted by Gasteiger charge is 2.31. The Bertz CT molecular complexity index is 627. The second-order valence-corrected chi connectivity index (χ2v) is 4.19. The van der Waals surface area contributed by atoms with Crippen LogP contribution >= 0.6 is 23.2 Å². The van der Waals surface area contributed by atoms with E-state index < -0.39 is 23.2 Å². The summed E-state index contributed by atoms with van der Waals surface area (Å²) in [6.07, 6.45) is -4.60. The zero-order valence-corrected chi connectivity index (χ0v) is 10.9. The van der Waals surface area contributed by atoms with Gasteiger partial charge in [0.05, 0.1) is 11.3 Å². The summed E-state index contributed by atoms with van der Waals surface area (Å²) in [6.45, 7) is 0. The molecule has 1 aromatic heterocycles. The molecule has 0 fully saturated rings. The number of aromatic nitrogens is 3. The molecule has 2 rings (SSSR count). The van der Waals surface area contributed by atoms with E-state index in [1.54, 1.807) is 0 Å². The fraction of sp³-hybridized carbons (Fsp3) is 0.100. The van der Waals surface area contributed by atoms with E-state index in [1.807, 2.05) is 0 Å². The molecular weight excluding hydrogens is 323 g/mol. The Balaban J connectivity index is 2.37. The lowest BCUT2D eigenvalue weighted by Crippen LogP contribution is -2.07. The van der Waals surface area contributed by atoms with Gasteiger partial charge in [0.25, 0.3) is 0 Å². The molecule has 0 aliphatic rings. The first-order valence-corrected chi connectivity index (χ1v) is 5.72. The zero-order valence-electron chi connectivity index (χ0n) is 9.34. The van der Waals surface area contributed by atoms with Crippen molar-refractivity contribution < 1.29 is 17.6 Å². The lowest BCUT2D eigenvalue weighted by atomic mass is 10.2. The first-order valence-electron chi connectivity index (χ1n) is 4.96. The first kappa shape index (κ1) is 14.7. The second kappa shape index (κ2) is 5.37. The van der Waals surface area contributed by atoms with Crippen LogP contribution in [0.15, 0.2) is 18.2 Å². The monoisotopic (exact) mass is 326 g/mol. The minimum Gasteiger partial charge on any atom is -0.321 e. The van der Waals surface area contributed by atoms with Gasteiger partial charge in [-0.05, 0) is 41.4 Å². The van der Waals surface area contributed by atoms with E-state index in [0.29, 0.717) is 18.2 Å². The minimum absolute atomic E-state index is 0.270. The summed E-state index contributed by atoms with van der Waals surface area (Å²) in [5.41, 5.74) is -1.48. The van der Waals surface area contributed by atoms with Crippen LogP contribution in [0.25, 0.3) is 0 Å². The van der Waals surface area contributed by atoms with Gasteiger partial charge in [0.1, 0.15) is 5.82 Å². The Morgan fingerprint density at radius 1 is 1.00 bits per heavy atom. The molecule has 0 spiro atoms. The van der Waals surface area contributed by atoms with E-state index in [-0.39, 0.29) is 16.5 Å². The van der Waals surface area contributed by atoms with Crippen LogP contribution in [0.4, 0.5) is 29.2 Å². The molecule has 1 N–H and O–H groups in total. The Morgan fingerprint density at radius 3 is 2.15 bits per heavy atom. The number of benzene rings is 1. The SMILES string of the molecule is Fc1ccc(C(F)(F)F)cc1Nc1nc(Cl)nc(Cl)n1. The van der Waals surface area contributed by atoms with Gasteiger partial charge < -0.3 is 5.32 Å². The van der Waals surface area contributed by atoms with Crippen molar-refractivity contribution in [2.75, 3.05) is 5.32 Å². The number of halogens is 6. The molecule has 4 nitrogen and oxygen atoms in total. The molecule has 0 atom stereocenters. The Labute approximate surface area is 119 Å². The summed E-state index contributed by atoms with van der Waals surface area (Å²) in [7, 11) is 0. The number of rotatable bonds is 2. The standard InChI is InChI=1S/C10H4Cl2F4N4/c11-7-18-8(12)20-9(19-7)17-6-3-4(10(14,15)16)1-2-5(6)13/h1-3H,(H,17,18,19,20). The highest BCUT2D eigenvalue weighted by molar-refractivity contribution is 6.31. The predicted octanol–water partition coefficient (Wildman–Crippen LogP) is 4.08. The van der Waals surface area contributed by atoms with Crippen molar-refractivity contribution in [1.82, 2.24) is 15.0 Å². The van der Waals surface area contributed by atoms with Crippen molar-refractivity contribution in [3.63, 3.8) is 0 Å². The van der Waals surface area contributed by atoms with Crippen LogP contribution in [0.1, 0.15) is 5.56 Å². The van der Waals surface area contributed by atoms with Gasteiger partial charge in [-0.1, -0.05) is 0 Å². The molecular formula is C10H4Cl2F4N4. The largest absolute Gasteiger partial charge is 0.416 e. The van der Waals surface area contributed by atoms with Gasteiger partial charge in [0.15, 0.2) is 0 Å². The van der Waals surface area contributed by atoms with Gasteiger partial charge in [-0.15, -0.1) is 0 Å². The molecule has 0 radical (unpaired) electrons. The fourth-order valence-corrected chi connectivity index (χ4v) is 1.66. The summed E-state index contributed by atoms with van der Waals surface area (Å²) in [5, 5.41) is 1.70. The Kier molecular flexibility index (Phi) is 3.96. The van der Waals surface area contributed by atoms with Crippen LogP contribution in [0, 0.1) is 5.82 Å². The summed E-state index contributed by atoms with van der Waals surface area (Å²) >= 11 is 11.0. The van der Waals surface area contributed by atoms with Gasteiger partial charge >= 0.3 is 6.18 Å². The van der Waals surface area contributed by atoms with Crippen molar-refractivity contribution in [3.05, 3.63) is 40.1 Å². The quantitative estimate of drug-likeness (QED) is 0.845. The van der Waals surface area contributed by atoms with Crippen LogP contribution < -0.4 is 5.32 Å². The summed E-state index contributed by atoms with van der Waals surface area (Å²) < 4.78 is 51.1. The molecule has 0 unspecified atom stereocenters. The summed E-state index contributed by atoms with van der Waals surface area (Å²) in [4.78, 5) is 10.6. The van der Waals surface area contributed by atoms with Crippen molar-refractivity contribution in [2.24, 2.45) is 0 Å². The molecule has 0 bridgehead atoms. The maximum atomic E-state index is 13.5. The molecule has 106 valence electrons. The first-order chi connectivity index (χ1) is 9.25. The van der Waals surface area contributed by atoms with Gasteiger partial charge in [-0.25, -0.2) is 4.39 Å². The highest BCUT2D eigenvalue weighted by atomic mass is 35.5. The van der Waals surface area contributed by atoms with Gasteiger partial charge in [-0.2, -0.15) is 28.1 Å². The lowest BCUT2D eigenvalue weighted by Gasteiger charge is -2.10. The van der Waals surface area contributed by atoms with E-state index >= 15 is 0 Å². The van der Waals surface area contributed by atoms with Crippen molar-refractivity contribution in [3.8, 4) is 0 Å². The molecule has 0 saturated carbocycles. The average molecular weight is 327 g/mol. The third-order valence-corrected chi connectivity index (χ3v) is 2.46. The zero-order chi connectivity index (χ0) is 14.9. The van der Waals surface area contributed by atoms with Crippen molar-refractivity contribution >= 4 is 34.8 Å². The summed E-state index contributed by atoms with van der Waals surface area (Å²) in [5.74, 6) is -1.18. The highest BCUT2D eigenvalue weighted by Crippen LogP contribution is 2.32. The van der Waals surface area contributed by atoms with Crippen molar-refractivity contribution in [1.29, 1.82) is 0 Å². The van der Waals surface area contributed by atoms with E-state index in [9.17, 15) is 17.6 Å². The molecule has 0 saturated heterocycles. The number of hydrogen-bond donors (Lipinski definition) is 1. The molecule has 0 amide bonds. The van der Waals surface area contributed by atoms with Crippen molar-refractivity contribution in [2.45, 2.75) is 6.18 Å². The number of nitrogens with zero attached hydrogens (tertiary/aromatic N) is 3. The second-order valence-electron chi connectivity index (χ2n) is 3.51. The van der Waals surface area contributed by atoms with Crippen LogP contribution in [-0.2, 0) is 6.18 Å².